The van der Waals surface area contributed by atoms with Crippen molar-refractivity contribution in [3.05, 3.63) is 67.1 Å². The first-order chi connectivity index (χ1) is 12.4. The van der Waals surface area contributed by atoms with Crippen LogP contribution >= 0.6 is 43.6 Å². The molecule has 0 bridgehead atoms. The Morgan fingerprint density at radius 3 is 2.62 bits per heavy atom. The zero-order valence-electron chi connectivity index (χ0n) is 13.0. The number of nitro groups is 1. The highest BCUT2D eigenvalue weighted by molar-refractivity contribution is 9.10. The minimum atomic E-state index is -0.532. The molecule has 0 spiro atoms. The van der Waals surface area contributed by atoms with E-state index in [0.29, 0.717) is 15.5 Å². The summed E-state index contributed by atoms with van der Waals surface area (Å²) < 4.78 is 1.47. The molecule has 1 aromatic heterocycles. The number of hydrogen-bond acceptors (Lipinski definition) is 6. The Bertz CT molecular complexity index is 976. The Morgan fingerprint density at radius 1 is 1.19 bits per heavy atom. The molecule has 0 aliphatic rings. The van der Waals surface area contributed by atoms with Crippen molar-refractivity contribution < 1.29 is 9.72 Å². The highest BCUT2D eigenvalue weighted by atomic mass is 79.9. The number of benzene rings is 2. The fourth-order valence-electron chi connectivity index (χ4n) is 2.10. The van der Waals surface area contributed by atoms with Crippen LogP contribution in [0.4, 0.5) is 5.69 Å². The van der Waals surface area contributed by atoms with Gasteiger partial charge in [-0.3, -0.25) is 20.0 Å². The fourth-order valence-corrected chi connectivity index (χ4v) is 3.51. The Hall–Kier alpha value is -2.04. The summed E-state index contributed by atoms with van der Waals surface area (Å²) in [6.07, 6.45) is 0. The molecule has 132 valence electrons. The number of nitrogens with one attached hydrogen (secondary N) is 1. The molecule has 0 atom stereocenters. The molecule has 0 saturated heterocycles. The van der Waals surface area contributed by atoms with Crippen molar-refractivity contribution in [3.8, 4) is 11.4 Å². The molecule has 3 aromatic rings. The molecular weight excluding hydrogens is 488 g/mol. The second-order valence-corrected chi connectivity index (χ2v) is 7.82. The quantitative estimate of drug-likeness (QED) is 0.225. The van der Waals surface area contributed by atoms with E-state index in [1.807, 2.05) is 24.3 Å². The van der Waals surface area contributed by atoms with Gasteiger partial charge in [-0.2, -0.15) is 0 Å². The van der Waals surface area contributed by atoms with Gasteiger partial charge >= 0.3 is 0 Å². The minimum absolute atomic E-state index is 0.0669. The number of ketones is 1. The third-order valence-electron chi connectivity index (χ3n) is 3.38. The van der Waals surface area contributed by atoms with Crippen LogP contribution in [0.15, 0.2) is 56.6 Å². The summed E-state index contributed by atoms with van der Waals surface area (Å²) in [6.45, 7) is 0. The summed E-state index contributed by atoms with van der Waals surface area (Å²) in [5, 5.41) is 18.2. The normalized spacial score (nSPS) is 10.7. The van der Waals surface area contributed by atoms with Crippen molar-refractivity contribution in [2.45, 2.75) is 5.16 Å². The molecule has 0 amide bonds. The number of thioether (sulfide) groups is 1. The number of Topliss-reactive ketones (excluding diaryl/α,β-unsaturated/α-hetero) is 1. The van der Waals surface area contributed by atoms with Crippen LogP contribution < -0.4 is 0 Å². The van der Waals surface area contributed by atoms with Gasteiger partial charge < -0.3 is 0 Å². The van der Waals surface area contributed by atoms with E-state index in [1.165, 1.54) is 18.2 Å². The van der Waals surface area contributed by atoms with Crippen LogP contribution in [0.2, 0.25) is 0 Å². The first-order valence-electron chi connectivity index (χ1n) is 7.22. The van der Waals surface area contributed by atoms with Crippen molar-refractivity contribution in [1.29, 1.82) is 0 Å². The highest BCUT2D eigenvalue weighted by Crippen LogP contribution is 2.26. The van der Waals surface area contributed by atoms with E-state index in [2.05, 4.69) is 47.0 Å². The average molecular weight is 498 g/mol. The average Bonchev–Trinajstić information content (AvgIpc) is 3.09. The van der Waals surface area contributed by atoms with E-state index in [9.17, 15) is 14.9 Å². The zero-order valence-corrected chi connectivity index (χ0v) is 17.0. The molecule has 3 rings (SSSR count). The first-order valence-corrected chi connectivity index (χ1v) is 9.79. The SMILES string of the molecule is O=C(CSc1n[nH]c(-c2ccc(Br)cc2)n1)c1cc([N+](=O)[O-])ccc1Br. The van der Waals surface area contributed by atoms with Gasteiger partial charge in [-0.05, 0) is 18.2 Å². The number of carbonyl (C=O) groups excluding carboxylic acids is 1. The van der Waals surface area contributed by atoms with Crippen LogP contribution in [-0.4, -0.2) is 31.6 Å². The van der Waals surface area contributed by atoms with Gasteiger partial charge in [-0.25, -0.2) is 4.98 Å². The summed E-state index contributed by atoms with van der Waals surface area (Å²) in [4.78, 5) is 27.1. The van der Waals surface area contributed by atoms with Crippen LogP contribution in [0.3, 0.4) is 0 Å². The van der Waals surface area contributed by atoms with Crippen LogP contribution in [-0.2, 0) is 0 Å². The summed E-state index contributed by atoms with van der Waals surface area (Å²) in [7, 11) is 0. The van der Waals surface area contributed by atoms with E-state index in [0.717, 1.165) is 21.8 Å². The van der Waals surface area contributed by atoms with Crippen molar-refractivity contribution in [1.82, 2.24) is 15.2 Å². The monoisotopic (exact) mass is 496 g/mol. The number of nitro benzene ring substituents is 1. The van der Waals surface area contributed by atoms with Gasteiger partial charge in [0.1, 0.15) is 0 Å². The number of aromatic nitrogens is 3. The zero-order chi connectivity index (χ0) is 18.7. The van der Waals surface area contributed by atoms with Crippen LogP contribution in [0, 0.1) is 10.1 Å². The van der Waals surface area contributed by atoms with Crippen molar-refractivity contribution >= 4 is 55.1 Å². The molecule has 1 heterocycles. The molecule has 0 aliphatic carbocycles. The first kappa shape index (κ1) is 18.7. The standard InChI is InChI=1S/C16H10Br2N4O3S/c17-10-3-1-9(2-4-10)15-19-16(21-20-15)26-8-14(23)12-7-11(22(24)25)5-6-13(12)18/h1-7H,8H2,(H,19,20,21). The molecule has 7 nitrogen and oxygen atoms in total. The predicted molar refractivity (Wildman–Crippen MR) is 105 cm³/mol. The number of nitrogens with zero attached hydrogens (tertiary/aromatic N) is 3. The van der Waals surface area contributed by atoms with Gasteiger partial charge in [0.25, 0.3) is 5.69 Å². The fraction of sp³-hybridized carbons (Fsp3) is 0.0625. The van der Waals surface area contributed by atoms with Gasteiger partial charge in [-0.15, -0.1) is 5.10 Å². The molecule has 0 fully saturated rings. The smallest absolute Gasteiger partial charge is 0.270 e. The van der Waals surface area contributed by atoms with E-state index in [-0.39, 0.29) is 22.8 Å². The van der Waals surface area contributed by atoms with Crippen LogP contribution in [0.25, 0.3) is 11.4 Å². The van der Waals surface area contributed by atoms with E-state index < -0.39 is 4.92 Å². The number of carbonyl (C=O) groups is 1. The summed E-state index contributed by atoms with van der Waals surface area (Å²) in [6, 6.07) is 11.7. The summed E-state index contributed by atoms with van der Waals surface area (Å²) in [5.74, 6) is 0.418. The van der Waals surface area contributed by atoms with Gasteiger partial charge in [0.2, 0.25) is 5.16 Å². The van der Waals surface area contributed by atoms with E-state index in [1.54, 1.807) is 0 Å². The number of non-ortho nitro benzene ring substituents is 1. The lowest BCUT2D eigenvalue weighted by atomic mass is 10.1. The third kappa shape index (κ3) is 4.37. The number of H-pyrrole nitrogens is 1. The van der Waals surface area contributed by atoms with Gasteiger partial charge in [0.15, 0.2) is 11.6 Å². The third-order valence-corrected chi connectivity index (χ3v) is 5.44. The van der Waals surface area contributed by atoms with E-state index >= 15 is 0 Å². The summed E-state index contributed by atoms with van der Waals surface area (Å²) in [5.41, 5.74) is 1.01. The lowest BCUT2D eigenvalue weighted by Gasteiger charge is -2.02. The van der Waals surface area contributed by atoms with Crippen molar-refractivity contribution in [2.24, 2.45) is 0 Å². The number of halogens is 2. The summed E-state index contributed by atoms with van der Waals surface area (Å²) >= 11 is 7.79. The molecule has 1 N–H and O–H groups in total. The predicted octanol–water partition coefficient (Wildman–Crippen LogP) is 4.88. The van der Waals surface area contributed by atoms with Gasteiger partial charge in [0, 0.05) is 32.2 Å². The maximum absolute atomic E-state index is 12.4. The Kier molecular flexibility index (Phi) is 5.84. The molecule has 26 heavy (non-hydrogen) atoms. The highest BCUT2D eigenvalue weighted by Gasteiger charge is 2.17. The maximum atomic E-state index is 12.4. The molecule has 0 aliphatic heterocycles. The van der Waals surface area contributed by atoms with Crippen LogP contribution in [0.1, 0.15) is 10.4 Å². The molecule has 10 heteroatoms. The topological polar surface area (TPSA) is 102 Å². The molecule has 0 unspecified atom stereocenters. The molecule has 0 saturated carbocycles. The number of aromatic amines is 1. The second-order valence-electron chi connectivity index (χ2n) is 5.11. The molecule has 0 radical (unpaired) electrons. The van der Waals surface area contributed by atoms with Gasteiger partial charge in [0.05, 0.1) is 10.7 Å². The van der Waals surface area contributed by atoms with Crippen molar-refractivity contribution in [3.63, 3.8) is 0 Å². The van der Waals surface area contributed by atoms with E-state index in [4.69, 9.17) is 0 Å². The minimum Gasteiger partial charge on any atom is -0.293 e. The lowest BCUT2D eigenvalue weighted by molar-refractivity contribution is -0.384. The Morgan fingerprint density at radius 2 is 1.92 bits per heavy atom. The second kappa shape index (κ2) is 8.11. The molecule has 2 aromatic carbocycles. The lowest BCUT2D eigenvalue weighted by Crippen LogP contribution is -2.04. The largest absolute Gasteiger partial charge is 0.293 e. The maximum Gasteiger partial charge on any atom is 0.270 e. The van der Waals surface area contributed by atoms with Crippen LogP contribution in [0.5, 0.6) is 0 Å². The Labute approximate surface area is 169 Å². The number of hydrogen-bond donors (Lipinski definition) is 1. The number of rotatable bonds is 6. The Balaban J connectivity index is 1.70. The molecular formula is C16H10Br2N4O3S. The van der Waals surface area contributed by atoms with Crippen molar-refractivity contribution in [2.75, 3.05) is 5.75 Å². The van der Waals surface area contributed by atoms with Gasteiger partial charge in [-0.1, -0.05) is 55.8 Å².